The summed E-state index contributed by atoms with van der Waals surface area (Å²) in [6.45, 7) is 1.19. The van der Waals surface area contributed by atoms with Crippen LogP contribution in [0.2, 0.25) is 0 Å². The van der Waals surface area contributed by atoms with Crippen LogP contribution in [0.4, 0.5) is 5.82 Å². The molecule has 4 nitrogen and oxygen atoms in total. The zero-order valence-corrected chi connectivity index (χ0v) is 18.9. The van der Waals surface area contributed by atoms with Gasteiger partial charge < -0.3 is 10.2 Å². The zero-order valence-electron chi connectivity index (χ0n) is 18.1. The number of nitrogens with one attached hydrogen (secondary N) is 1. The minimum atomic E-state index is 0.559. The molecule has 1 aromatic carbocycles. The van der Waals surface area contributed by atoms with Crippen LogP contribution in [0, 0.1) is 0 Å². The number of thioether (sulfide) groups is 1. The predicted octanol–water partition coefficient (Wildman–Crippen LogP) is 5.51. The number of hydrogen-bond acceptors (Lipinski definition) is 5. The molecule has 1 aliphatic heterocycles. The first-order chi connectivity index (χ1) is 14.8. The van der Waals surface area contributed by atoms with E-state index in [1.165, 1.54) is 80.5 Å². The standard InChI is InChI=1S/C25H34N4S/c1-29(16-6-9-18-7-3-2-4-8-18)20-14-12-19(13-15-20)28-24-23-21-10-5-11-22(21)30-25(23)27-17-26-24/h2-4,7-8,17,19-22H,5-6,9-16H2,1H3,(H,26,27,28)/t19-,20-,21?,22?. The largest absolute Gasteiger partial charge is 0.367 e. The third-order valence-corrected chi connectivity index (χ3v) is 8.83. The van der Waals surface area contributed by atoms with Crippen molar-refractivity contribution < 1.29 is 0 Å². The van der Waals surface area contributed by atoms with Crippen LogP contribution >= 0.6 is 11.8 Å². The minimum Gasteiger partial charge on any atom is -0.367 e. The van der Waals surface area contributed by atoms with Gasteiger partial charge >= 0.3 is 0 Å². The van der Waals surface area contributed by atoms with Crippen LogP contribution in [0.5, 0.6) is 0 Å². The molecule has 0 bridgehead atoms. The molecule has 2 aromatic rings. The topological polar surface area (TPSA) is 41.0 Å². The maximum absolute atomic E-state index is 4.68. The SMILES string of the molecule is CN(CCCc1ccccc1)[C@H]1CC[C@H](Nc2ncnc3c2C2CCCC2S3)CC1. The Morgan fingerprint density at radius 1 is 1.03 bits per heavy atom. The second kappa shape index (κ2) is 9.27. The highest BCUT2D eigenvalue weighted by atomic mass is 32.2. The molecule has 2 fully saturated rings. The number of aromatic nitrogens is 2. The highest BCUT2D eigenvalue weighted by Crippen LogP contribution is 2.54. The van der Waals surface area contributed by atoms with E-state index in [2.05, 4.69) is 57.6 Å². The van der Waals surface area contributed by atoms with Gasteiger partial charge in [0, 0.05) is 28.8 Å². The zero-order chi connectivity index (χ0) is 20.3. The number of nitrogens with zero attached hydrogens (tertiary/aromatic N) is 3. The Hall–Kier alpha value is -1.59. The molecule has 2 aliphatic carbocycles. The normalized spacial score (nSPS) is 27.8. The van der Waals surface area contributed by atoms with Crippen molar-refractivity contribution in [3.8, 4) is 0 Å². The highest BCUT2D eigenvalue weighted by molar-refractivity contribution is 8.00. The van der Waals surface area contributed by atoms with Crippen molar-refractivity contribution in [3.05, 3.63) is 47.8 Å². The van der Waals surface area contributed by atoms with Crippen LogP contribution in [0.15, 0.2) is 41.7 Å². The van der Waals surface area contributed by atoms with Gasteiger partial charge in [0.15, 0.2) is 0 Å². The molecule has 0 spiro atoms. The van der Waals surface area contributed by atoms with Crippen LogP contribution < -0.4 is 5.32 Å². The van der Waals surface area contributed by atoms with Gasteiger partial charge in [-0.2, -0.15) is 0 Å². The van der Waals surface area contributed by atoms with E-state index in [-0.39, 0.29) is 0 Å². The monoisotopic (exact) mass is 422 g/mol. The molecule has 5 rings (SSSR count). The summed E-state index contributed by atoms with van der Waals surface area (Å²) < 4.78 is 0. The number of benzene rings is 1. The summed E-state index contributed by atoms with van der Waals surface area (Å²) in [6.07, 6.45) is 13.3. The van der Waals surface area contributed by atoms with Gasteiger partial charge in [0.05, 0.1) is 0 Å². The highest BCUT2D eigenvalue weighted by Gasteiger charge is 2.40. The second-order valence-corrected chi connectivity index (χ2v) is 10.6. The number of anilines is 1. The second-order valence-electron chi connectivity index (χ2n) is 9.35. The molecular weight excluding hydrogens is 388 g/mol. The van der Waals surface area contributed by atoms with Crippen molar-refractivity contribution in [2.75, 3.05) is 18.9 Å². The van der Waals surface area contributed by atoms with Crippen molar-refractivity contribution in [2.45, 2.75) is 86.1 Å². The third-order valence-electron chi connectivity index (χ3n) is 7.41. The summed E-state index contributed by atoms with van der Waals surface area (Å²) in [6, 6.07) is 12.2. The van der Waals surface area contributed by atoms with E-state index < -0.39 is 0 Å². The van der Waals surface area contributed by atoms with E-state index in [1.54, 1.807) is 6.33 Å². The molecule has 5 heteroatoms. The Morgan fingerprint density at radius 2 is 1.87 bits per heavy atom. The molecule has 1 N–H and O–H groups in total. The molecule has 0 amide bonds. The first kappa shape index (κ1) is 20.3. The molecule has 2 saturated carbocycles. The summed E-state index contributed by atoms with van der Waals surface area (Å²) in [5, 5.41) is 5.83. The molecular formula is C25H34N4S. The van der Waals surface area contributed by atoms with E-state index in [4.69, 9.17) is 0 Å². The lowest BCUT2D eigenvalue weighted by atomic mass is 9.89. The Morgan fingerprint density at radius 3 is 2.70 bits per heavy atom. The van der Waals surface area contributed by atoms with Crippen molar-refractivity contribution in [1.82, 2.24) is 14.9 Å². The minimum absolute atomic E-state index is 0.559. The summed E-state index contributed by atoms with van der Waals surface area (Å²) >= 11 is 2.00. The predicted molar refractivity (Wildman–Crippen MR) is 125 cm³/mol. The van der Waals surface area contributed by atoms with Gasteiger partial charge in [-0.3, -0.25) is 0 Å². The Kier molecular flexibility index (Phi) is 6.28. The van der Waals surface area contributed by atoms with Crippen molar-refractivity contribution in [2.24, 2.45) is 0 Å². The fourth-order valence-electron chi connectivity index (χ4n) is 5.68. The molecule has 1 aromatic heterocycles. The Labute approximate surface area is 185 Å². The quantitative estimate of drug-likeness (QED) is 0.596. The van der Waals surface area contributed by atoms with E-state index in [0.717, 1.165) is 17.1 Å². The van der Waals surface area contributed by atoms with Gasteiger partial charge in [-0.25, -0.2) is 9.97 Å². The van der Waals surface area contributed by atoms with Gasteiger partial charge in [-0.05, 0) is 70.5 Å². The third kappa shape index (κ3) is 4.38. The number of fused-ring (bicyclic) bond motifs is 3. The molecule has 3 aliphatic rings. The van der Waals surface area contributed by atoms with Crippen molar-refractivity contribution in [3.63, 3.8) is 0 Å². The lowest BCUT2D eigenvalue weighted by Gasteiger charge is -2.35. The number of hydrogen-bond donors (Lipinski definition) is 1. The van der Waals surface area contributed by atoms with Gasteiger partial charge in [-0.15, -0.1) is 11.8 Å². The first-order valence-electron chi connectivity index (χ1n) is 11.8. The summed E-state index contributed by atoms with van der Waals surface area (Å²) in [5.41, 5.74) is 2.89. The Bertz CT molecular complexity index is 834. The number of rotatable bonds is 7. The lowest BCUT2D eigenvalue weighted by Crippen LogP contribution is -2.39. The summed E-state index contributed by atoms with van der Waals surface area (Å²) in [4.78, 5) is 11.9. The first-order valence-corrected chi connectivity index (χ1v) is 12.7. The smallest absolute Gasteiger partial charge is 0.134 e. The van der Waals surface area contributed by atoms with Gasteiger partial charge in [0.1, 0.15) is 17.2 Å². The van der Waals surface area contributed by atoms with E-state index in [1.807, 2.05) is 11.8 Å². The molecule has 2 atom stereocenters. The van der Waals surface area contributed by atoms with Crippen molar-refractivity contribution in [1.29, 1.82) is 0 Å². The molecule has 2 heterocycles. The fourth-order valence-corrected chi connectivity index (χ4v) is 7.17. The van der Waals surface area contributed by atoms with Crippen LogP contribution in [0.3, 0.4) is 0 Å². The van der Waals surface area contributed by atoms with Crippen LogP contribution in [0.25, 0.3) is 0 Å². The van der Waals surface area contributed by atoms with Gasteiger partial charge in [-0.1, -0.05) is 36.8 Å². The van der Waals surface area contributed by atoms with Crippen LogP contribution in [0.1, 0.15) is 68.4 Å². The van der Waals surface area contributed by atoms with Crippen LogP contribution in [-0.2, 0) is 6.42 Å². The van der Waals surface area contributed by atoms with E-state index in [9.17, 15) is 0 Å². The number of aryl methyl sites for hydroxylation is 1. The molecule has 0 saturated heterocycles. The van der Waals surface area contributed by atoms with Crippen LogP contribution in [-0.4, -0.2) is 45.8 Å². The maximum Gasteiger partial charge on any atom is 0.134 e. The molecule has 30 heavy (non-hydrogen) atoms. The van der Waals surface area contributed by atoms with E-state index >= 15 is 0 Å². The maximum atomic E-state index is 4.68. The summed E-state index contributed by atoms with van der Waals surface area (Å²) in [7, 11) is 2.32. The van der Waals surface area contributed by atoms with Gasteiger partial charge in [0.2, 0.25) is 0 Å². The average Bonchev–Trinajstić information content (AvgIpc) is 3.36. The lowest BCUT2D eigenvalue weighted by molar-refractivity contribution is 0.184. The van der Waals surface area contributed by atoms with Crippen molar-refractivity contribution >= 4 is 17.6 Å². The average molecular weight is 423 g/mol. The molecule has 0 radical (unpaired) electrons. The summed E-state index contributed by atoms with van der Waals surface area (Å²) in [5.74, 6) is 1.82. The van der Waals surface area contributed by atoms with E-state index in [0.29, 0.717) is 12.0 Å². The van der Waals surface area contributed by atoms with Gasteiger partial charge in [0.25, 0.3) is 0 Å². The molecule has 160 valence electrons. The Balaban J connectivity index is 1.11. The molecule has 2 unspecified atom stereocenters. The fraction of sp³-hybridized carbons (Fsp3) is 0.600.